The van der Waals surface area contributed by atoms with Crippen LogP contribution in [-0.2, 0) is 6.54 Å². The Labute approximate surface area is 149 Å². The van der Waals surface area contributed by atoms with Gasteiger partial charge in [-0.2, -0.15) is 9.97 Å². The number of hydrogen-bond acceptors (Lipinski definition) is 5. The second-order valence-corrected chi connectivity index (χ2v) is 6.30. The summed E-state index contributed by atoms with van der Waals surface area (Å²) >= 11 is 0. The van der Waals surface area contributed by atoms with Gasteiger partial charge in [0.15, 0.2) is 5.65 Å². The van der Waals surface area contributed by atoms with Crippen molar-refractivity contribution in [1.29, 1.82) is 0 Å². The lowest BCUT2D eigenvalue weighted by Crippen LogP contribution is -2.04. The first-order chi connectivity index (χ1) is 12.7. The number of hydrogen-bond donors (Lipinski definition) is 2. The second kappa shape index (κ2) is 5.42. The number of aromatic nitrogens is 4. The van der Waals surface area contributed by atoms with Crippen molar-refractivity contribution < 1.29 is 0 Å². The molecule has 126 valence electrons. The third-order valence-electron chi connectivity index (χ3n) is 4.68. The predicted octanol–water partition coefficient (Wildman–Crippen LogP) is 3.35. The molecule has 4 N–H and O–H groups in total. The molecule has 0 saturated carbocycles. The minimum Gasteiger partial charge on any atom is -0.383 e. The number of pyridine rings is 1. The zero-order valence-corrected chi connectivity index (χ0v) is 13.9. The number of nitrogen functional groups attached to an aromatic ring is 2. The molecule has 0 aliphatic rings. The first kappa shape index (κ1) is 14.7. The molecule has 26 heavy (non-hydrogen) atoms. The number of rotatable bonds is 2. The Kier molecular flexibility index (Phi) is 3.05. The van der Waals surface area contributed by atoms with E-state index < -0.39 is 0 Å². The third kappa shape index (κ3) is 2.16. The van der Waals surface area contributed by atoms with Crippen LogP contribution >= 0.6 is 0 Å². The Morgan fingerprint density at radius 2 is 1.46 bits per heavy atom. The molecule has 3 heterocycles. The summed E-state index contributed by atoms with van der Waals surface area (Å²) < 4.78 is 2.29. The lowest BCUT2D eigenvalue weighted by atomic mass is 10.2. The van der Waals surface area contributed by atoms with Gasteiger partial charge in [0, 0.05) is 34.5 Å². The lowest BCUT2D eigenvalue weighted by molar-refractivity contribution is 0.865. The van der Waals surface area contributed by atoms with Crippen molar-refractivity contribution in [2.45, 2.75) is 6.54 Å². The summed E-state index contributed by atoms with van der Waals surface area (Å²) in [6.45, 7) is 0.681. The lowest BCUT2D eigenvalue weighted by Gasteiger charge is -2.09. The number of fused-ring (bicyclic) bond motifs is 4. The van der Waals surface area contributed by atoms with Gasteiger partial charge in [0.2, 0.25) is 5.95 Å². The molecule has 0 spiro atoms. The molecule has 0 aliphatic heterocycles. The molecule has 0 radical (unpaired) electrons. The molecule has 5 rings (SSSR count). The standard InChI is InChI=1S/C20H16N6/c21-18-15-9-12(10-23-19(15)25-20(22)24-18)11-26-16-7-3-1-5-13(16)14-6-2-4-8-17(14)26/h1-10H,11H2,(H4,21,22,23,24,25). The van der Waals surface area contributed by atoms with Crippen LogP contribution in [0.5, 0.6) is 0 Å². The van der Waals surface area contributed by atoms with Crippen molar-refractivity contribution >= 4 is 44.6 Å². The fraction of sp³-hybridized carbons (Fsp3) is 0.0500. The Balaban J connectivity index is 1.71. The molecular formula is C20H16N6. The van der Waals surface area contributed by atoms with Crippen molar-refractivity contribution in [2.24, 2.45) is 0 Å². The summed E-state index contributed by atoms with van der Waals surface area (Å²) in [5.74, 6) is 0.488. The highest BCUT2D eigenvalue weighted by Crippen LogP contribution is 2.29. The van der Waals surface area contributed by atoms with E-state index in [1.807, 2.05) is 12.3 Å². The number of para-hydroxylation sites is 2. The van der Waals surface area contributed by atoms with Crippen molar-refractivity contribution in [1.82, 2.24) is 19.5 Å². The third-order valence-corrected chi connectivity index (χ3v) is 4.68. The fourth-order valence-corrected chi connectivity index (χ4v) is 3.54. The quantitative estimate of drug-likeness (QED) is 0.514. The summed E-state index contributed by atoms with van der Waals surface area (Å²) in [5.41, 5.74) is 15.6. The fourth-order valence-electron chi connectivity index (χ4n) is 3.54. The number of benzene rings is 2. The SMILES string of the molecule is Nc1nc(N)c2cc(Cn3c4ccccc4c4ccccc43)cnc2n1. The average Bonchev–Trinajstić information content (AvgIpc) is 2.97. The largest absolute Gasteiger partial charge is 0.383 e. The van der Waals surface area contributed by atoms with Crippen LogP contribution in [0.15, 0.2) is 60.8 Å². The highest BCUT2D eigenvalue weighted by atomic mass is 15.1. The van der Waals surface area contributed by atoms with Gasteiger partial charge in [-0.15, -0.1) is 0 Å². The molecule has 0 amide bonds. The topological polar surface area (TPSA) is 95.6 Å². The molecule has 0 bridgehead atoms. The summed E-state index contributed by atoms with van der Waals surface area (Å²) in [4.78, 5) is 12.6. The van der Waals surface area contributed by atoms with E-state index in [9.17, 15) is 0 Å². The maximum Gasteiger partial charge on any atom is 0.224 e. The van der Waals surface area contributed by atoms with Crippen LogP contribution in [-0.4, -0.2) is 19.5 Å². The van der Waals surface area contributed by atoms with E-state index in [-0.39, 0.29) is 5.95 Å². The number of nitrogens with zero attached hydrogens (tertiary/aromatic N) is 4. The van der Waals surface area contributed by atoms with E-state index in [2.05, 4.69) is 68.0 Å². The van der Waals surface area contributed by atoms with Gasteiger partial charge in [-0.3, -0.25) is 0 Å². The van der Waals surface area contributed by atoms with Crippen molar-refractivity contribution in [3.05, 3.63) is 66.4 Å². The maximum atomic E-state index is 6.00. The molecule has 0 unspecified atom stereocenters. The summed E-state index contributed by atoms with van der Waals surface area (Å²) in [7, 11) is 0. The zero-order chi connectivity index (χ0) is 17.7. The van der Waals surface area contributed by atoms with Gasteiger partial charge < -0.3 is 16.0 Å². The predicted molar refractivity (Wildman–Crippen MR) is 105 cm³/mol. The van der Waals surface area contributed by atoms with Gasteiger partial charge in [0.25, 0.3) is 0 Å². The van der Waals surface area contributed by atoms with Gasteiger partial charge in [0.1, 0.15) is 5.82 Å². The first-order valence-electron chi connectivity index (χ1n) is 8.34. The van der Waals surface area contributed by atoms with Crippen molar-refractivity contribution in [3.8, 4) is 0 Å². The number of anilines is 2. The van der Waals surface area contributed by atoms with E-state index in [0.717, 1.165) is 10.9 Å². The average molecular weight is 340 g/mol. The van der Waals surface area contributed by atoms with E-state index in [4.69, 9.17) is 11.5 Å². The molecule has 0 fully saturated rings. The summed E-state index contributed by atoms with van der Waals surface area (Å²) in [5, 5.41) is 3.21. The molecule has 6 nitrogen and oxygen atoms in total. The maximum absolute atomic E-state index is 6.00. The van der Waals surface area contributed by atoms with E-state index >= 15 is 0 Å². The monoisotopic (exact) mass is 340 g/mol. The van der Waals surface area contributed by atoms with E-state index in [1.54, 1.807) is 0 Å². The second-order valence-electron chi connectivity index (χ2n) is 6.30. The Morgan fingerprint density at radius 1 is 0.808 bits per heavy atom. The highest BCUT2D eigenvalue weighted by molar-refractivity contribution is 6.08. The molecule has 3 aromatic heterocycles. The summed E-state index contributed by atoms with van der Waals surface area (Å²) in [6, 6.07) is 18.8. The van der Waals surface area contributed by atoms with Crippen LogP contribution in [0.25, 0.3) is 32.8 Å². The van der Waals surface area contributed by atoms with Crippen LogP contribution in [0.3, 0.4) is 0 Å². The smallest absolute Gasteiger partial charge is 0.224 e. The highest BCUT2D eigenvalue weighted by Gasteiger charge is 2.11. The zero-order valence-electron chi connectivity index (χ0n) is 13.9. The molecule has 0 atom stereocenters. The van der Waals surface area contributed by atoms with Crippen molar-refractivity contribution in [2.75, 3.05) is 11.5 Å². The molecule has 2 aromatic carbocycles. The minimum absolute atomic E-state index is 0.137. The van der Waals surface area contributed by atoms with Crippen LogP contribution in [0, 0.1) is 0 Å². The Bertz CT molecular complexity index is 1230. The van der Waals surface area contributed by atoms with E-state index in [0.29, 0.717) is 18.0 Å². The molecule has 6 heteroatoms. The Morgan fingerprint density at radius 3 is 2.15 bits per heavy atom. The van der Waals surface area contributed by atoms with Gasteiger partial charge in [0.05, 0.1) is 5.39 Å². The van der Waals surface area contributed by atoms with Gasteiger partial charge in [-0.1, -0.05) is 36.4 Å². The Hall–Kier alpha value is -3.67. The normalized spacial score (nSPS) is 11.5. The van der Waals surface area contributed by atoms with Gasteiger partial charge in [-0.25, -0.2) is 4.98 Å². The molecule has 0 aliphatic carbocycles. The van der Waals surface area contributed by atoms with Crippen molar-refractivity contribution in [3.63, 3.8) is 0 Å². The van der Waals surface area contributed by atoms with Crippen LogP contribution in [0.1, 0.15) is 5.56 Å². The summed E-state index contributed by atoms with van der Waals surface area (Å²) in [6.07, 6.45) is 1.82. The van der Waals surface area contributed by atoms with Crippen LogP contribution in [0.4, 0.5) is 11.8 Å². The molecular weight excluding hydrogens is 324 g/mol. The molecule has 5 aromatic rings. The van der Waals surface area contributed by atoms with E-state index in [1.165, 1.54) is 21.8 Å². The molecule has 0 saturated heterocycles. The van der Waals surface area contributed by atoms with Crippen LogP contribution < -0.4 is 11.5 Å². The first-order valence-corrected chi connectivity index (χ1v) is 8.34. The minimum atomic E-state index is 0.137. The van der Waals surface area contributed by atoms with Crippen LogP contribution in [0.2, 0.25) is 0 Å². The van der Waals surface area contributed by atoms with Gasteiger partial charge >= 0.3 is 0 Å². The van der Waals surface area contributed by atoms with Gasteiger partial charge in [-0.05, 0) is 23.8 Å². The number of nitrogens with two attached hydrogens (primary N) is 2.